The Morgan fingerprint density at radius 2 is 1.93 bits per heavy atom. The molecule has 0 aliphatic rings. The zero-order chi connectivity index (χ0) is 10.8. The fourth-order valence-electron chi connectivity index (χ4n) is 1.52. The largest absolute Gasteiger partial charge is 0.384 e. The van der Waals surface area contributed by atoms with Crippen LogP contribution in [0.15, 0.2) is 41.0 Å². The number of nitrogens with zero attached hydrogens (tertiary/aromatic N) is 1. The van der Waals surface area contributed by atoms with Crippen LogP contribution in [0.25, 0.3) is 11.1 Å². The van der Waals surface area contributed by atoms with Crippen molar-refractivity contribution in [2.75, 3.05) is 5.73 Å². The zero-order valence-corrected chi connectivity index (χ0v) is 9.95. The summed E-state index contributed by atoms with van der Waals surface area (Å²) in [4.78, 5) is 4.11. The van der Waals surface area contributed by atoms with Crippen molar-refractivity contribution in [2.45, 2.75) is 6.92 Å². The van der Waals surface area contributed by atoms with Gasteiger partial charge in [-0.2, -0.15) is 0 Å². The molecule has 1 heterocycles. The molecular formula is C12H11BrN2. The molecule has 0 saturated heterocycles. The first-order chi connectivity index (χ1) is 7.18. The molecule has 0 aliphatic heterocycles. The Hall–Kier alpha value is -1.35. The molecule has 0 fully saturated rings. The van der Waals surface area contributed by atoms with Gasteiger partial charge in [0.25, 0.3) is 0 Å². The Balaban J connectivity index is 2.60. The number of hydrogen-bond acceptors (Lipinski definition) is 2. The van der Waals surface area contributed by atoms with Crippen LogP contribution in [0.2, 0.25) is 0 Å². The molecule has 2 nitrogen and oxygen atoms in total. The molecule has 0 spiro atoms. The lowest BCUT2D eigenvalue weighted by atomic mass is 10.0. The summed E-state index contributed by atoms with van der Waals surface area (Å²) in [6, 6.07) is 10.0. The van der Waals surface area contributed by atoms with Gasteiger partial charge in [0.05, 0.1) is 0 Å². The van der Waals surface area contributed by atoms with Gasteiger partial charge in [-0.1, -0.05) is 24.3 Å². The summed E-state index contributed by atoms with van der Waals surface area (Å²) in [6.07, 6.45) is 1.79. The summed E-state index contributed by atoms with van der Waals surface area (Å²) in [5, 5.41) is 0. The summed E-state index contributed by atoms with van der Waals surface area (Å²) < 4.78 is 0.976. The number of pyridine rings is 1. The Kier molecular flexibility index (Phi) is 2.73. The maximum atomic E-state index is 5.60. The smallest absolute Gasteiger partial charge is 0.124 e. The highest BCUT2D eigenvalue weighted by Crippen LogP contribution is 2.30. The topological polar surface area (TPSA) is 38.9 Å². The zero-order valence-electron chi connectivity index (χ0n) is 8.37. The summed E-state index contributed by atoms with van der Waals surface area (Å²) in [5.41, 5.74) is 9.08. The third kappa shape index (κ3) is 2.02. The summed E-state index contributed by atoms with van der Waals surface area (Å²) in [5.74, 6) is 0.527. The molecule has 2 rings (SSSR count). The fraction of sp³-hybridized carbons (Fsp3) is 0.0833. The highest BCUT2D eigenvalue weighted by Gasteiger charge is 2.06. The van der Waals surface area contributed by atoms with Gasteiger partial charge < -0.3 is 5.73 Å². The molecule has 0 unspecified atom stereocenters. The van der Waals surface area contributed by atoms with E-state index in [-0.39, 0.29) is 0 Å². The molecule has 15 heavy (non-hydrogen) atoms. The molecule has 1 aromatic carbocycles. The van der Waals surface area contributed by atoms with Crippen molar-refractivity contribution < 1.29 is 0 Å². The van der Waals surface area contributed by atoms with Crippen LogP contribution in [0, 0.1) is 6.92 Å². The van der Waals surface area contributed by atoms with Crippen molar-refractivity contribution >= 4 is 21.7 Å². The quantitative estimate of drug-likeness (QED) is 0.856. The molecule has 0 atom stereocenters. The van der Waals surface area contributed by atoms with E-state index in [2.05, 4.69) is 40.0 Å². The lowest BCUT2D eigenvalue weighted by molar-refractivity contribution is 1.31. The van der Waals surface area contributed by atoms with Gasteiger partial charge in [0.15, 0.2) is 0 Å². The number of halogens is 1. The lowest BCUT2D eigenvalue weighted by Gasteiger charge is -2.07. The van der Waals surface area contributed by atoms with Crippen molar-refractivity contribution in [2.24, 2.45) is 0 Å². The minimum Gasteiger partial charge on any atom is -0.384 e. The van der Waals surface area contributed by atoms with Crippen LogP contribution in [-0.2, 0) is 0 Å². The molecule has 0 saturated carbocycles. The first-order valence-corrected chi connectivity index (χ1v) is 5.45. The first kappa shape index (κ1) is 10.2. The Labute approximate surface area is 97.3 Å². The maximum absolute atomic E-state index is 5.60. The summed E-state index contributed by atoms with van der Waals surface area (Å²) in [6.45, 7) is 2.08. The second-order valence-corrected chi connectivity index (χ2v) is 4.26. The molecule has 0 radical (unpaired) electrons. The third-order valence-corrected chi connectivity index (χ3v) is 2.97. The highest BCUT2D eigenvalue weighted by atomic mass is 79.9. The highest BCUT2D eigenvalue weighted by molar-refractivity contribution is 9.10. The van der Waals surface area contributed by atoms with Crippen LogP contribution in [0.1, 0.15) is 5.56 Å². The number of aromatic nitrogens is 1. The van der Waals surface area contributed by atoms with Crippen molar-refractivity contribution in [3.05, 3.63) is 46.6 Å². The van der Waals surface area contributed by atoms with E-state index >= 15 is 0 Å². The van der Waals surface area contributed by atoms with E-state index in [0.717, 1.165) is 10.0 Å². The lowest BCUT2D eigenvalue weighted by Crippen LogP contribution is -1.91. The van der Waals surface area contributed by atoms with Gasteiger partial charge in [0.2, 0.25) is 0 Å². The molecule has 3 heteroatoms. The van der Waals surface area contributed by atoms with Gasteiger partial charge in [-0.15, -0.1) is 0 Å². The molecule has 2 N–H and O–H groups in total. The number of hydrogen-bond donors (Lipinski definition) is 1. The van der Waals surface area contributed by atoms with Crippen LogP contribution in [-0.4, -0.2) is 4.98 Å². The molecule has 2 aromatic rings. The summed E-state index contributed by atoms with van der Waals surface area (Å²) >= 11 is 3.50. The van der Waals surface area contributed by atoms with E-state index in [1.807, 2.05) is 18.2 Å². The number of rotatable bonds is 1. The first-order valence-electron chi connectivity index (χ1n) is 4.65. The van der Waals surface area contributed by atoms with E-state index in [4.69, 9.17) is 5.73 Å². The predicted molar refractivity (Wildman–Crippen MR) is 66.5 cm³/mol. The second kappa shape index (κ2) is 4.03. The number of nitrogens with two attached hydrogens (primary N) is 1. The van der Waals surface area contributed by atoms with E-state index in [9.17, 15) is 0 Å². The van der Waals surface area contributed by atoms with E-state index in [1.165, 1.54) is 11.1 Å². The van der Waals surface area contributed by atoms with Gasteiger partial charge >= 0.3 is 0 Å². The SMILES string of the molecule is Cc1ccccc1-c1cnc(N)cc1Br. The predicted octanol–water partition coefficient (Wildman–Crippen LogP) is 3.40. The average molecular weight is 263 g/mol. The standard InChI is InChI=1S/C12H11BrN2/c1-8-4-2-3-5-9(8)10-7-15-12(14)6-11(10)13/h2-7H,1H3,(H2,14,15). The summed E-state index contributed by atoms with van der Waals surface area (Å²) in [7, 11) is 0. The van der Waals surface area contributed by atoms with Gasteiger partial charge in [-0.3, -0.25) is 0 Å². The molecule has 76 valence electrons. The number of aryl methyl sites for hydroxylation is 1. The van der Waals surface area contributed by atoms with Crippen LogP contribution in [0.3, 0.4) is 0 Å². The van der Waals surface area contributed by atoms with Gasteiger partial charge in [0.1, 0.15) is 5.82 Å². The van der Waals surface area contributed by atoms with E-state index < -0.39 is 0 Å². The molecule has 0 amide bonds. The maximum Gasteiger partial charge on any atom is 0.124 e. The fourth-order valence-corrected chi connectivity index (χ4v) is 2.07. The van der Waals surface area contributed by atoms with Crippen molar-refractivity contribution in [1.29, 1.82) is 0 Å². The average Bonchev–Trinajstić information content (AvgIpc) is 2.20. The minimum atomic E-state index is 0.527. The molecular weight excluding hydrogens is 252 g/mol. The second-order valence-electron chi connectivity index (χ2n) is 3.40. The third-order valence-electron chi connectivity index (χ3n) is 2.31. The van der Waals surface area contributed by atoms with E-state index in [1.54, 1.807) is 6.20 Å². The van der Waals surface area contributed by atoms with Crippen LogP contribution >= 0.6 is 15.9 Å². The Morgan fingerprint density at radius 1 is 1.20 bits per heavy atom. The normalized spacial score (nSPS) is 10.3. The number of benzene rings is 1. The minimum absolute atomic E-state index is 0.527. The molecule has 0 aliphatic carbocycles. The number of anilines is 1. The molecule has 1 aromatic heterocycles. The number of nitrogen functional groups attached to an aromatic ring is 1. The van der Waals surface area contributed by atoms with Crippen LogP contribution in [0.4, 0.5) is 5.82 Å². The Bertz CT molecular complexity index is 495. The monoisotopic (exact) mass is 262 g/mol. The van der Waals surface area contributed by atoms with Gasteiger partial charge in [-0.25, -0.2) is 4.98 Å². The Morgan fingerprint density at radius 3 is 2.60 bits per heavy atom. The molecule has 0 bridgehead atoms. The van der Waals surface area contributed by atoms with Gasteiger partial charge in [-0.05, 0) is 40.0 Å². The van der Waals surface area contributed by atoms with E-state index in [0.29, 0.717) is 5.82 Å². The van der Waals surface area contributed by atoms with Crippen molar-refractivity contribution in [3.8, 4) is 11.1 Å². The van der Waals surface area contributed by atoms with Crippen molar-refractivity contribution in [3.63, 3.8) is 0 Å². The van der Waals surface area contributed by atoms with Gasteiger partial charge in [0, 0.05) is 16.2 Å². The van der Waals surface area contributed by atoms with Crippen LogP contribution < -0.4 is 5.73 Å². The van der Waals surface area contributed by atoms with Crippen molar-refractivity contribution in [1.82, 2.24) is 4.98 Å². The van der Waals surface area contributed by atoms with Crippen LogP contribution in [0.5, 0.6) is 0 Å².